The van der Waals surface area contributed by atoms with Crippen molar-refractivity contribution in [1.82, 2.24) is 4.98 Å². The van der Waals surface area contributed by atoms with Gasteiger partial charge in [-0.25, -0.2) is 8.78 Å². The van der Waals surface area contributed by atoms with Crippen molar-refractivity contribution in [3.8, 4) is 6.07 Å². The number of nitrogens with zero attached hydrogens (tertiary/aromatic N) is 3. The molecule has 0 aliphatic carbocycles. The van der Waals surface area contributed by atoms with Crippen LogP contribution in [0, 0.1) is 21.4 Å². The minimum Gasteiger partial charge on any atom is -0.358 e. The molecule has 1 aromatic heterocycles. The van der Waals surface area contributed by atoms with Gasteiger partial charge in [0.05, 0.1) is 28.6 Å². The highest BCUT2D eigenvalue weighted by molar-refractivity contribution is 6.32. The van der Waals surface area contributed by atoms with E-state index in [1.165, 1.54) is 0 Å². The molecule has 0 aliphatic rings. The van der Waals surface area contributed by atoms with E-state index in [0.717, 1.165) is 0 Å². The molecule has 0 fully saturated rings. The van der Waals surface area contributed by atoms with Crippen molar-refractivity contribution in [3.05, 3.63) is 32.5 Å². The summed E-state index contributed by atoms with van der Waals surface area (Å²) in [7, 11) is 0. The number of rotatable bonds is 3. The van der Waals surface area contributed by atoms with Gasteiger partial charge in [-0.3, -0.25) is 0 Å². The van der Waals surface area contributed by atoms with Crippen molar-refractivity contribution in [2.45, 2.75) is 12.8 Å². The van der Waals surface area contributed by atoms with Gasteiger partial charge in [-0.05, 0) is 9.91 Å². The lowest BCUT2D eigenvalue weighted by Gasteiger charge is -2.05. The summed E-state index contributed by atoms with van der Waals surface area (Å²) in [6.07, 6.45) is -2.69. The van der Waals surface area contributed by atoms with Crippen molar-refractivity contribution in [1.29, 1.82) is 5.26 Å². The van der Waals surface area contributed by atoms with E-state index in [1.807, 2.05) is 0 Å². The minimum absolute atomic E-state index is 0.285. The molecule has 1 aromatic rings. The van der Waals surface area contributed by atoms with Crippen LogP contribution in [-0.4, -0.2) is 9.91 Å². The van der Waals surface area contributed by atoms with Crippen LogP contribution in [-0.2, 0) is 6.42 Å². The van der Waals surface area contributed by atoms with Crippen LogP contribution in [0.4, 0.5) is 14.6 Å². The highest BCUT2D eigenvalue weighted by atomic mass is 35.5. The van der Waals surface area contributed by atoms with E-state index in [9.17, 15) is 18.9 Å². The summed E-state index contributed by atoms with van der Waals surface area (Å²) in [6.45, 7) is 0. The molecule has 0 unspecified atom stereocenters. The lowest BCUT2D eigenvalue weighted by molar-refractivity contribution is -0.390. The number of nitro groups is 1. The molecule has 0 spiro atoms. The molecule has 0 saturated heterocycles. The predicted octanol–water partition coefficient (Wildman–Crippen LogP) is 2.65. The first-order valence-electron chi connectivity index (χ1n) is 3.95. The molecule has 1 rings (SSSR count). The van der Waals surface area contributed by atoms with Crippen LogP contribution < -0.4 is 0 Å². The molecular formula is C8H4ClF2N3O2. The molecule has 5 nitrogen and oxygen atoms in total. The van der Waals surface area contributed by atoms with E-state index in [0.29, 0.717) is 6.20 Å². The molecule has 8 heteroatoms. The van der Waals surface area contributed by atoms with Gasteiger partial charge in [-0.1, -0.05) is 11.6 Å². The predicted molar refractivity (Wildman–Crippen MR) is 50.2 cm³/mol. The molecule has 0 aromatic carbocycles. The third-order valence-electron chi connectivity index (χ3n) is 1.78. The zero-order valence-electron chi connectivity index (χ0n) is 7.65. The first kappa shape index (κ1) is 12.3. The van der Waals surface area contributed by atoms with Crippen LogP contribution in [0.1, 0.15) is 17.6 Å². The number of halogens is 3. The fourth-order valence-electron chi connectivity index (χ4n) is 1.08. The van der Waals surface area contributed by atoms with Gasteiger partial charge in [-0.2, -0.15) is 5.26 Å². The third-order valence-corrected chi connectivity index (χ3v) is 2.22. The molecule has 0 N–H and O–H groups in total. The Hall–Kier alpha value is -1.81. The number of hydrogen-bond donors (Lipinski definition) is 0. The second kappa shape index (κ2) is 4.81. The van der Waals surface area contributed by atoms with Gasteiger partial charge in [-0.15, -0.1) is 0 Å². The van der Waals surface area contributed by atoms with Gasteiger partial charge in [0.15, 0.2) is 6.20 Å². The zero-order valence-corrected chi connectivity index (χ0v) is 8.41. The lowest BCUT2D eigenvalue weighted by Crippen LogP contribution is -2.02. The van der Waals surface area contributed by atoms with Crippen molar-refractivity contribution < 1.29 is 13.7 Å². The Labute approximate surface area is 93.4 Å². The zero-order chi connectivity index (χ0) is 12.3. The Morgan fingerprint density at radius 1 is 1.69 bits per heavy atom. The number of nitriles is 1. The van der Waals surface area contributed by atoms with E-state index in [-0.39, 0.29) is 5.56 Å². The Morgan fingerprint density at radius 3 is 2.75 bits per heavy atom. The van der Waals surface area contributed by atoms with Crippen molar-refractivity contribution in [2.24, 2.45) is 0 Å². The largest absolute Gasteiger partial charge is 0.369 e. The summed E-state index contributed by atoms with van der Waals surface area (Å²) < 4.78 is 24.8. The molecule has 0 atom stereocenters. The fourth-order valence-corrected chi connectivity index (χ4v) is 1.37. The number of hydrogen-bond acceptors (Lipinski definition) is 4. The van der Waals surface area contributed by atoms with Gasteiger partial charge >= 0.3 is 5.82 Å². The SMILES string of the molecule is N#CCc1c([N+](=O)[O-])ncc(C(F)F)c1Cl. The molecule has 0 bridgehead atoms. The Morgan fingerprint density at radius 2 is 2.31 bits per heavy atom. The van der Waals surface area contributed by atoms with E-state index >= 15 is 0 Å². The Balaban J connectivity index is 3.42. The van der Waals surface area contributed by atoms with Crippen LogP contribution >= 0.6 is 11.6 Å². The van der Waals surface area contributed by atoms with Gasteiger partial charge in [0.1, 0.15) is 0 Å². The molecule has 0 radical (unpaired) electrons. The van der Waals surface area contributed by atoms with Gasteiger partial charge in [0.2, 0.25) is 0 Å². The Bertz CT molecular complexity index is 473. The summed E-state index contributed by atoms with van der Waals surface area (Å²) in [6, 6.07) is 1.61. The summed E-state index contributed by atoms with van der Waals surface area (Å²) in [5.41, 5.74) is -0.899. The van der Waals surface area contributed by atoms with Crippen molar-refractivity contribution in [2.75, 3.05) is 0 Å². The van der Waals surface area contributed by atoms with Crippen LogP contribution in [0.5, 0.6) is 0 Å². The average Bonchev–Trinajstić information content (AvgIpc) is 2.20. The average molecular weight is 248 g/mol. The van der Waals surface area contributed by atoms with Crippen LogP contribution in [0.25, 0.3) is 0 Å². The van der Waals surface area contributed by atoms with Crippen molar-refractivity contribution in [3.63, 3.8) is 0 Å². The highest BCUT2D eigenvalue weighted by Crippen LogP contribution is 2.33. The number of pyridine rings is 1. The third kappa shape index (κ3) is 2.23. The van der Waals surface area contributed by atoms with E-state index < -0.39 is 34.2 Å². The van der Waals surface area contributed by atoms with E-state index in [2.05, 4.69) is 4.98 Å². The topological polar surface area (TPSA) is 79.8 Å². The highest BCUT2D eigenvalue weighted by Gasteiger charge is 2.25. The van der Waals surface area contributed by atoms with Crippen molar-refractivity contribution >= 4 is 17.4 Å². The quantitative estimate of drug-likeness (QED) is 0.607. The lowest BCUT2D eigenvalue weighted by atomic mass is 10.1. The smallest absolute Gasteiger partial charge is 0.358 e. The van der Waals surface area contributed by atoms with Crippen LogP contribution in [0.2, 0.25) is 5.02 Å². The van der Waals surface area contributed by atoms with Crippen LogP contribution in [0.3, 0.4) is 0 Å². The fraction of sp³-hybridized carbons (Fsp3) is 0.250. The number of alkyl halides is 2. The number of aromatic nitrogens is 1. The second-order valence-corrected chi connectivity index (χ2v) is 3.10. The van der Waals surface area contributed by atoms with E-state index in [4.69, 9.17) is 16.9 Å². The first-order chi connectivity index (χ1) is 7.49. The van der Waals surface area contributed by atoms with E-state index in [1.54, 1.807) is 6.07 Å². The molecule has 84 valence electrons. The molecule has 1 heterocycles. The summed E-state index contributed by atoms with van der Waals surface area (Å²) >= 11 is 5.56. The second-order valence-electron chi connectivity index (χ2n) is 2.72. The summed E-state index contributed by atoms with van der Waals surface area (Å²) in [5.74, 6) is -0.670. The summed E-state index contributed by atoms with van der Waals surface area (Å²) in [5, 5.41) is 18.5. The van der Waals surface area contributed by atoms with Gasteiger partial charge < -0.3 is 10.1 Å². The maximum absolute atomic E-state index is 12.4. The van der Waals surface area contributed by atoms with Gasteiger partial charge in [0, 0.05) is 0 Å². The van der Waals surface area contributed by atoms with Gasteiger partial charge in [0.25, 0.3) is 6.43 Å². The molecule has 0 amide bonds. The molecule has 0 saturated carbocycles. The summed E-state index contributed by atoms with van der Waals surface area (Å²) in [4.78, 5) is 12.9. The standard InChI is InChI=1S/C8H4ClF2N3O2/c9-6-4(1-2-12)8(14(15)16)13-3-5(6)7(10)11/h3,7H,1H2. The van der Waals surface area contributed by atoms with Crippen LogP contribution in [0.15, 0.2) is 6.20 Å². The first-order valence-corrected chi connectivity index (χ1v) is 4.33. The maximum Gasteiger partial charge on any atom is 0.369 e. The molecule has 0 aliphatic heterocycles. The normalized spacial score (nSPS) is 10.2. The molecule has 16 heavy (non-hydrogen) atoms. The maximum atomic E-state index is 12.4. The Kier molecular flexibility index (Phi) is 3.68. The molecular weight excluding hydrogens is 244 g/mol. The monoisotopic (exact) mass is 247 g/mol. The minimum atomic E-state index is -2.89.